The first-order chi connectivity index (χ1) is 7.50. The van der Waals surface area contributed by atoms with Crippen molar-refractivity contribution in [1.82, 2.24) is 9.29 Å². The second kappa shape index (κ2) is 4.03. The summed E-state index contributed by atoms with van der Waals surface area (Å²) in [5, 5.41) is -0.0387. The first-order valence-corrected chi connectivity index (χ1v) is 6.60. The quantitative estimate of drug-likeness (QED) is 0.831. The van der Waals surface area contributed by atoms with E-state index < -0.39 is 15.6 Å². The van der Waals surface area contributed by atoms with Crippen LogP contribution in [-0.4, -0.2) is 31.3 Å². The van der Waals surface area contributed by atoms with E-state index in [-0.39, 0.29) is 5.03 Å². The largest absolute Gasteiger partial charge is 0.312 e. The van der Waals surface area contributed by atoms with E-state index in [0.717, 1.165) is 12.8 Å². The molecule has 1 aromatic rings. The third-order valence-corrected chi connectivity index (χ3v) is 4.41. The van der Waals surface area contributed by atoms with Crippen LogP contribution < -0.4 is 5.56 Å². The number of nitrogens with one attached hydrogen (secondary N) is 1. The number of hydrogen-bond donors (Lipinski definition) is 1. The molecular formula is C10H14N2O3S. The minimum absolute atomic E-state index is 0.0387. The summed E-state index contributed by atoms with van der Waals surface area (Å²) in [4.78, 5) is 13.4. The van der Waals surface area contributed by atoms with Crippen LogP contribution in [-0.2, 0) is 10.0 Å². The molecule has 0 aromatic carbocycles. The highest BCUT2D eigenvalue weighted by molar-refractivity contribution is 7.89. The van der Waals surface area contributed by atoms with Crippen LogP contribution in [0.4, 0.5) is 0 Å². The maximum absolute atomic E-state index is 12.0. The molecule has 0 aliphatic heterocycles. The average Bonchev–Trinajstić information content (AvgIpc) is 3.01. The van der Waals surface area contributed by atoms with Gasteiger partial charge in [-0.1, -0.05) is 6.07 Å². The minimum Gasteiger partial charge on any atom is -0.312 e. The van der Waals surface area contributed by atoms with Crippen LogP contribution in [0, 0.1) is 5.92 Å². The number of hydrogen-bond acceptors (Lipinski definition) is 3. The molecule has 0 saturated heterocycles. The second-order valence-electron chi connectivity index (χ2n) is 4.11. The van der Waals surface area contributed by atoms with Gasteiger partial charge in [0.2, 0.25) is 5.56 Å². The van der Waals surface area contributed by atoms with Crippen LogP contribution in [0.2, 0.25) is 0 Å². The number of sulfonamides is 1. The van der Waals surface area contributed by atoms with Gasteiger partial charge in [-0.05, 0) is 24.8 Å². The van der Waals surface area contributed by atoms with Gasteiger partial charge < -0.3 is 4.98 Å². The predicted octanol–water partition coefficient (Wildman–Crippen LogP) is 0.405. The molecule has 1 aliphatic carbocycles. The SMILES string of the molecule is CN(CC1CC1)S(=O)(=O)c1cccc(=O)[nH]1. The van der Waals surface area contributed by atoms with E-state index in [4.69, 9.17) is 0 Å². The standard InChI is InChI=1S/C10H14N2O3S/c1-12(7-8-5-6-8)16(14,15)10-4-2-3-9(13)11-10/h2-4,8H,5-7H2,1H3,(H,11,13). The van der Waals surface area contributed by atoms with Crippen molar-refractivity contribution in [3.63, 3.8) is 0 Å². The highest BCUT2D eigenvalue weighted by Crippen LogP contribution is 2.30. The zero-order chi connectivity index (χ0) is 11.8. The maximum Gasteiger partial charge on any atom is 0.258 e. The van der Waals surface area contributed by atoms with E-state index in [9.17, 15) is 13.2 Å². The fourth-order valence-corrected chi connectivity index (χ4v) is 2.73. The fourth-order valence-electron chi connectivity index (χ4n) is 1.51. The first-order valence-electron chi connectivity index (χ1n) is 5.16. The smallest absolute Gasteiger partial charge is 0.258 e. The molecule has 6 heteroatoms. The Hall–Kier alpha value is -1.14. The van der Waals surface area contributed by atoms with Crippen LogP contribution in [0.1, 0.15) is 12.8 Å². The van der Waals surface area contributed by atoms with Crippen molar-refractivity contribution in [2.24, 2.45) is 5.92 Å². The fraction of sp³-hybridized carbons (Fsp3) is 0.500. The van der Waals surface area contributed by atoms with Crippen molar-refractivity contribution in [2.45, 2.75) is 17.9 Å². The van der Waals surface area contributed by atoms with Gasteiger partial charge >= 0.3 is 0 Å². The van der Waals surface area contributed by atoms with Crippen molar-refractivity contribution in [3.8, 4) is 0 Å². The molecule has 1 aliphatic rings. The van der Waals surface area contributed by atoms with E-state index in [1.54, 1.807) is 7.05 Å². The topological polar surface area (TPSA) is 70.2 Å². The summed E-state index contributed by atoms with van der Waals surface area (Å²) in [5.74, 6) is 0.482. The number of pyridine rings is 1. The molecule has 0 atom stereocenters. The summed E-state index contributed by atoms with van der Waals surface area (Å²) in [6.45, 7) is 0.527. The summed E-state index contributed by atoms with van der Waals surface area (Å²) in [6, 6.07) is 4.14. The van der Waals surface area contributed by atoms with E-state index in [0.29, 0.717) is 12.5 Å². The Bertz CT molecular complexity index is 531. The molecule has 2 rings (SSSR count). The number of H-pyrrole nitrogens is 1. The Morgan fingerprint density at radius 2 is 2.12 bits per heavy atom. The molecular weight excluding hydrogens is 228 g/mol. The Balaban J connectivity index is 2.26. The molecule has 1 heterocycles. The molecule has 0 unspecified atom stereocenters. The third kappa shape index (κ3) is 2.33. The molecule has 1 N–H and O–H groups in total. The molecule has 0 radical (unpaired) electrons. The van der Waals surface area contributed by atoms with Gasteiger partial charge in [-0.25, -0.2) is 8.42 Å². The van der Waals surface area contributed by atoms with Crippen molar-refractivity contribution in [2.75, 3.05) is 13.6 Å². The number of aromatic amines is 1. The minimum atomic E-state index is -3.54. The van der Waals surface area contributed by atoms with Crippen LogP contribution in [0.3, 0.4) is 0 Å². The van der Waals surface area contributed by atoms with Gasteiger partial charge in [0, 0.05) is 19.7 Å². The molecule has 0 amide bonds. The molecule has 1 fully saturated rings. The molecule has 88 valence electrons. The van der Waals surface area contributed by atoms with Crippen LogP contribution in [0.5, 0.6) is 0 Å². The number of rotatable bonds is 4. The molecule has 0 spiro atoms. The first kappa shape index (κ1) is 11.3. The molecule has 1 aromatic heterocycles. The van der Waals surface area contributed by atoms with Crippen LogP contribution in [0.15, 0.2) is 28.0 Å². The molecule has 16 heavy (non-hydrogen) atoms. The van der Waals surface area contributed by atoms with Crippen LogP contribution >= 0.6 is 0 Å². The summed E-state index contributed by atoms with van der Waals surface area (Å²) < 4.78 is 25.3. The zero-order valence-electron chi connectivity index (χ0n) is 9.01. The highest BCUT2D eigenvalue weighted by atomic mass is 32.2. The van der Waals surface area contributed by atoms with Crippen LogP contribution in [0.25, 0.3) is 0 Å². The summed E-state index contributed by atoms with van der Waals surface area (Å²) >= 11 is 0. The average molecular weight is 242 g/mol. The van der Waals surface area contributed by atoms with Gasteiger partial charge in [-0.15, -0.1) is 0 Å². The Morgan fingerprint density at radius 3 is 2.69 bits per heavy atom. The van der Waals surface area contributed by atoms with Gasteiger partial charge in [0.05, 0.1) is 0 Å². The van der Waals surface area contributed by atoms with E-state index in [1.165, 1.54) is 22.5 Å². The molecule has 1 saturated carbocycles. The Labute approximate surface area is 94.2 Å². The lowest BCUT2D eigenvalue weighted by molar-refractivity contribution is 0.450. The summed E-state index contributed by atoms with van der Waals surface area (Å²) in [7, 11) is -2.00. The predicted molar refractivity (Wildman–Crippen MR) is 59.6 cm³/mol. The summed E-state index contributed by atoms with van der Waals surface area (Å²) in [6.07, 6.45) is 2.18. The number of aromatic nitrogens is 1. The lowest BCUT2D eigenvalue weighted by Crippen LogP contribution is -2.30. The second-order valence-corrected chi connectivity index (χ2v) is 6.12. The lowest BCUT2D eigenvalue weighted by Gasteiger charge is -2.16. The van der Waals surface area contributed by atoms with E-state index >= 15 is 0 Å². The summed E-state index contributed by atoms with van der Waals surface area (Å²) in [5.41, 5.74) is -0.402. The highest BCUT2D eigenvalue weighted by Gasteiger charge is 2.29. The van der Waals surface area contributed by atoms with Crippen molar-refractivity contribution >= 4 is 10.0 Å². The van der Waals surface area contributed by atoms with E-state index in [1.807, 2.05) is 0 Å². The maximum atomic E-state index is 12.0. The Morgan fingerprint density at radius 1 is 1.44 bits per heavy atom. The van der Waals surface area contributed by atoms with Gasteiger partial charge in [0.1, 0.15) is 0 Å². The number of nitrogens with zero attached hydrogens (tertiary/aromatic N) is 1. The normalized spacial score (nSPS) is 16.6. The molecule has 0 bridgehead atoms. The van der Waals surface area contributed by atoms with Gasteiger partial charge in [-0.2, -0.15) is 4.31 Å². The zero-order valence-corrected chi connectivity index (χ0v) is 9.83. The van der Waals surface area contributed by atoms with Gasteiger partial charge in [0.25, 0.3) is 10.0 Å². The van der Waals surface area contributed by atoms with Gasteiger partial charge in [-0.3, -0.25) is 4.79 Å². The third-order valence-electron chi connectivity index (χ3n) is 2.64. The van der Waals surface area contributed by atoms with Gasteiger partial charge in [0.15, 0.2) is 5.03 Å². The monoisotopic (exact) mass is 242 g/mol. The molecule has 5 nitrogen and oxygen atoms in total. The van der Waals surface area contributed by atoms with Crippen molar-refractivity contribution < 1.29 is 8.42 Å². The lowest BCUT2D eigenvalue weighted by atomic mass is 10.4. The van der Waals surface area contributed by atoms with E-state index in [2.05, 4.69) is 4.98 Å². The van der Waals surface area contributed by atoms with Crippen molar-refractivity contribution in [1.29, 1.82) is 0 Å². The van der Waals surface area contributed by atoms with Crippen molar-refractivity contribution in [3.05, 3.63) is 28.6 Å². The Kier molecular flexibility index (Phi) is 2.86.